The first-order valence-corrected chi connectivity index (χ1v) is 13.5. The number of hydrogen-bond acceptors (Lipinski definition) is 3. The molecule has 0 N–H and O–H groups in total. The summed E-state index contributed by atoms with van der Waals surface area (Å²) in [6.07, 6.45) is 0. The fraction of sp³-hybridized carbons (Fsp3) is 0.0270. The fourth-order valence-electron chi connectivity index (χ4n) is 5.02. The van der Waals surface area contributed by atoms with Gasteiger partial charge in [0.1, 0.15) is 0 Å². The highest BCUT2D eigenvalue weighted by molar-refractivity contribution is 5.83. The van der Waals surface area contributed by atoms with Crippen LogP contribution in [0.1, 0.15) is 0 Å². The Morgan fingerprint density at radius 3 is 0.950 bits per heavy atom. The van der Waals surface area contributed by atoms with E-state index in [0.29, 0.717) is 0 Å². The maximum atomic E-state index is 2.31. The summed E-state index contributed by atoms with van der Waals surface area (Å²) in [6, 6.07) is 59.5. The summed E-state index contributed by atoms with van der Waals surface area (Å²) in [5.41, 5.74) is 8.91. The number of anilines is 8. The molecule has 0 aliphatic heterocycles. The lowest BCUT2D eigenvalue weighted by molar-refractivity contribution is 1.20. The van der Waals surface area contributed by atoms with Gasteiger partial charge in [-0.25, -0.2) is 0 Å². The number of para-hydroxylation sites is 4. The first-order valence-electron chi connectivity index (χ1n) is 13.5. The number of nitrogens with zero attached hydrogens (tertiary/aromatic N) is 3. The quantitative estimate of drug-likeness (QED) is 0.199. The third-order valence-corrected chi connectivity index (χ3v) is 7.03. The van der Waals surface area contributed by atoms with Crippen LogP contribution in [0.25, 0.3) is 0 Å². The molecule has 194 valence electrons. The van der Waals surface area contributed by atoms with Crippen molar-refractivity contribution in [3.63, 3.8) is 0 Å². The molecule has 6 rings (SSSR count). The molecular formula is C37H31N3. The zero-order valence-electron chi connectivity index (χ0n) is 22.5. The summed E-state index contributed by atoms with van der Waals surface area (Å²) in [5.74, 6) is 0. The fourth-order valence-corrected chi connectivity index (χ4v) is 5.02. The Hall–Kier alpha value is -5.28. The van der Waals surface area contributed by atoms with Crippen LogP contribution >= 0.6 is 0 Å². The Balaban J connectivity index is 1.42. The molecule has 6 aromatic rings. The highest BCUT2D eigenvalue weighted by atomic mass is 15.2. The van der Waals surface area contributed by atoms with Crippen LogP contribution in [0, 0.1) is 0 Å². The normalized spacial score (nSPS) is 10.6. The minimum Gasteiger partial charge on any atom is -0.345 e. The van der Waals surface area contributed by atoms with Crippen molar-refractivity contribution in [2.75, 3.05) is 21.7 Å². The van der Waals surface area contributed by atoms with Gasteiger partial charge in [0.2, 0.25) is 0 Å². The largest absolute Gasteiger partial charge is 0.345 e. The molecule has 3 nitrogen and oxygen atoms in total. The van der Waals surface area contributed by atoms with Crippen LogP contribution < -0.4 is 14.7 Å². The third kappa shape index (κ3) is 5.31. The van der Waals surface area contributed by atoms with Crippen LogP contribution in [-0.4, -0.2) is 7.05 Å². The van der Waals surface area contributed by atoms with Gasteiger partial charge in [-0.05, 0) is 91.0 Å². The van der Waals surface area contributed by atoms with Gasteiger partial charge < -0.3 is 14.7 Å². The van der Waals surface area contributed by atoms with Gasteiger partial charge in [0.15, 0.2) is 0 Å². The highest BCUT2D eigenvalue weighted by Crippen LogP contribution is 2.40. The van der Waals surface area contributed by atoms with E-state index in [1.54, 1.807) is 0 Å². The molecule has 0 aliphatic carbocycles. The molecule has 0 saturated heterocycles. The molecule has 0 saturated carbocycles. The summed E-state index contributed by atoms with van der Waals surface area (Å²) < 4.78 is 0. The minimum atomic E-state index is 1.09. The van der Waals surface area contributed by atoms with E-state index in [2.05, 4.69) is 186 Å². The Kier molecular flexibility index (Phi) is 7.27. The minimum absolute atomic E-state index is 1.09. The lowest BCUT2D eigenvalue weighted by Crippen LogP contribution is -2.13. The van der Waals surface area contributed by atoms with Crippen LogP contribution in [0.2, 0.25) is 0 Å². The van der Waals surface area contributed by atoms with Crippen molar-refractivity contribution in [2.24, 2.45) is 0 Å². The van der Waals surface area contributed by atoms with Crippen LogP contribution in [0.5, 0.6) is 0 Å². The summed E-state index contributed by atoms with van der Waals surface area (Å²) in [5, 5.41) is 0. The molecular weight excluding hydrogens is 486 g/mol. The van der Waals surface area contributed by atoms with Gasteiger partial charge in [-0.2, -0.15) is 0 Å². The second-order valence-electron chi connectivity index (χ2n) is 9.61. The molecule has 0 fully saturated rings. The van der Waals surface area contributed by atoms with Gasteiger partial charge >= 0.3 is 0 Å². The molecule has 0 spiro atoms. The van der Waals surface area contributed by atoms with Gasteiger partial charge in [0.25, 0.3) is 0 Å². The average molecular weight is 518 g/mol. The zero-order valence-corrected chi connectivity index (χ0v) is 22.5. The van der Waals surface area contributed by atoms with Gasteiger partial charge in [0.05, 0.1) is 0 Å². The molecule has 40 heavy (non-hydrogen) atoms. The summed E-state index contributed by atoms with van der Waals surface area (Å²) in [7, 11) is 2.10. The van der Waals surface area contributed by atoms with Crippen molar-refractivity contribution in [1.82, 2.24) is 0 Å². The molecule has 0 aromatic heterocycles. The van der Waals surface area contributed by atoms with Gasteiger partial charge in [-0.15, -0.1) is 0 Å². The lowest BCUT2D eigenvalue weighted by Gasteiger charge is -2.29. The maximum Gasteiger partial charge on any atom is 0.0482 e. The van der Waals surface area contributed by atoms with Crippen molar-refractivity contribution in [2.45, 2.75) is 0 Å². The Labute approximate surface area is 236 Å². The van der Waals surface area contributed by atoms with Crippen molar-refractivity contribution in [3.05, 3.63) is 170 Å². The van der Waals surface area contributed by atoms with Crippen LogP contribution in [0.15, 0.2) is 170 Å². The Bertz CT molecular complexity index is 1600. The highest BCUT2D eigenvalue weighted by Gasteiger charge is 2.17. The molecule has 0 bridgehead atoms. The van der Waals surface area contributed by atoms with E-state index in [0.717, 1.165) is 45.5 Å². The molecule has 3 heteroatoms. The third-order valence-electron chi connectivity index (χ3n) is 7.03. The second kappa shape index (κ2) is 11.6. The van der Waals surface area contributed by atoms with Gasteiger partial charge in [-0.1, -0.05) is 78.9 Å². The standard InChI is InChI=1S/C37H31N3/c1-38(30-15-6-2-7-16-30)31-25-27-35(28-26-31)40(34-21-12-5-13-22-34)37-24-14-23-36(29-37)39(32-17-8-3-9-18-32)33-19-10-4-11-20-33/h2-29H,1H3. The van der Waals surface area contributed by atoms with Gasteiger partial charge in [0, 0.05) is 52.5 Å². The molecule has 6 aromatic carbocycles. The van der Waals surface area contributed by atoms with Gasteiger partial charge in [-0.3, -0.25) is 0 Å². The first-order chi connectivity index (χ1) is 19.8. The van der Waals surface area contributed by atoms with E-state index in [9.17, 15) is 0 Å². The van der Waals surface area contributed by atoms with Crippen LogP contribution in [-0.2, 0) is 0 Å². The smallest absolute Gasteiger partial charge is 0.0482 e. The molecule has 0 unspecified atom stereocenters. The van der Waals surface area contributed by atoms with Crippen molar-refractivity contribution >= 4 is 45.5 Å². The monoisotopic (exact) mass is 517 g/mol. The zero-order chi connectivity index (χ0) is 27.1. The van der Waals surface area contributed by atoms with E-state index >= 15 is 0 Å². The summed E-state index contributed by atoms with van der Waals surface area (Å²) in [6.45, 7) is 0. The summed E-state index contributed by atoms with van der Waals surface area (Å²) in [4.78, 5) is 6.81. The van der Waals surface area contributed by atoms with E-state index in [4.69, 9.17) is 0 Å². The molecule has 0 atom stereocenters. The number of hydrogen-bond donors (Lipinski definition) is 0. The topological polar surface area (TPSA) is 9.72 Å². The van der Waals surface area contributed by atoms with E-state index in [1.807, 2.05) is 6.07 Å². The Morgan fingerprint density at radius 1 is 0.275 bits per heavy atom. The second-order valence-corrected chi connectivity index (χ2v) is 9.61. The predicted molar refractivity (Wildman–Crippen MR) is 170 cm³/mol. The van der Waals surface area contributed by atoms with Crippen molar-refractivity contribution in [1.29, 1.82) is 0 Å². The van der Waals surface area contributed by atoms with Crippen molar-refractivity contribution < 1.29 is 0 Å². The van der Waals surface area contributed by atoms with Crippen LogP contribution in [0.3, 0.4) is 0 Å². The van der Waals surface area contributed by atoms with Crippen LogP contribution in [0.4, 0.5) is 45.5 Å². The number of rotatable bonds is 8. The predicted octanol–water partition coefficient (Wildman–Crippen LogP) is 10.4. The molecule has 0 heterocycles. The van der Waals surface area contributed by atoms with E-state index in [1.165, 1.54) is 0 Å². The average Bonchev–Trinajstić information content (AvgIpc) is 3.04. The molecule has 0 amide bonds. The molecule has 0 radical (unpaired) electrons. The lowest BCUT2D eigenvalue weighted by atomic mass is 10.1. The Morgan fingerprint density at radius 2 is 0.550 bits per heavy atom. The molecule has 0 aliphatic rings. The van der Waals surface area contributed by atoms with Crippen molar-refractivity contribution in [3.8, 4) is 0 Å². The summed E-state index contributed by atoms with van der Waals surface area (Å²) >= 11 is 0. The van der Waals surface area contributed by atoms with E-state index < -0.39 is 0 Å². The number of benzene rings is 6. The van der Waals surface area contributed by atoms with E-state index in [-0.39, 0.29) is 0 Å². The maximum absolute atomic E-state index is 2.31. The SMILES string of the molecule is CN(c1ccccc1)c1ccc(N(c2ccccc2)c2cccc(N(c3ccccc3)c3ccccc3)c2)cc1. The first kappa shape index (κ1) is 25.0.